The molecule has 22 aromatic rings. The molecule has 16 aromatic carbocycles. The van der Waals surface area contributed by atoms with Crippen LogP contribution in [0.4, 0.5) is 0 Å². The van der Waals surface area contributed by atoms with Gasteiger partial charge in [-0.25, -0.2) is 4.98 Å². The highest BCUT2D eigenvalue weighted by Crippen LogP contribution is 2.53. The molecule has 6 aromatic heterocycles. The molecule has 6 heterocycles. The van der Waals surface area contributed by atoms with E-state index in [1.807, 2.05) is 0 Å². The molecule has 24 rings (SSSR count). The number of para-hydroxylation sites is 2. The summed E-state index contributed by atoms with van der Waals surface area (Å²) in [7, 11) is 0. The van der Waals surface area contributed by atoms with Crippen LogP contribution in [0.1, 0.15) is 0 Å². The maximum Gasteiger partial charge on any atom is 0.145 e. The first-order valence-electron chi connectivity index (χ1n) is 36.4. The zero-order valence-corrected chi connectivity index (χ0v) is 57.1. The third-order valence-corrected chi connectivity index (χ3v) is 23.2. The Balaban J connectivity index is 0.625. The van der Waals surface area contributed by atoms with Crippen molar-refractivity contribution in [2.75, 3.05) is 0 Å². The molecule has 6 nitrogen and oxygen atoms in total. The second kappa shape index (κ2) is 21.7. The molecule has 0 amide bonds. The Hall–Kier alpha value is -14.2. The van der Waals surface area contributed by atoms with Crippen molar-refractivity contribution >= 4 is 120 Å². The van der Waals surface area contributed by atoms with Crippen LogP contribution in [-0.4, -0.2) is 23.7 Å². The Bertz CT molecular complexity index is 7610. The van der Waals surface area contributed by atoms with Crippen molar-refractivity contribution < 1.29 is 4.42 Å². The van der Waals surface area contributed by atoms with Crippen molar-refractivity contribution in [3.05, 3.63) is 346 Å². The van der Waals surface area contributed by atoms with E-state index in [-0.39, 0.29) is 0 Å². The average Bonchev–Trinajstić information content (AvgIpc) is 1.57. The number of furan rings is 1. The van der Waals surface area contributed by atoms with Gasteiger partial charge in [-0.2, -0.15) is 0 Å². The molecule has 2 aliphatic carbocycles. The highest BCUT2D eigenvalue weighted by atomic mass is 16.3. The van der Waals surface area contributed by atoms with Gasteiger partial charge in [-0.3, -0.25) is 9.55 Å². The Kier molecular flexibility index (Phi) is 11.7. The molecule has 0 bridgehead atoms. The zero-order valence-electron chi connectivity index (χ0n) is 57.1. The second-order valence-electron chi connectivity index (χ2n) is 28.7. The lowest BCUT2D eigenvalue weighted by Crippen LogP contribution is -1.99. The summed E-state index contributed by atoms with van der Waals surface area (Å²) in [6.45, 7) is 0. The number of hydrogen-bond acceptors (Lipinski definition) is 3. The predicted molar refractivity (Wildman–Crippen MR) is 441 cm³/mol. The molecule has 488 valence electrons. The fraction of sp³-hybridized carbons (Fsp3) is 0. The van der Waals surface area contributed by atoms with Crippen LogP contribution in [0.2, 0.25) is 0 Å². The summed E-state index contributed by atoms with van der Waals surface area (Å²) in [5, 5.41) is 16.6. The second-order valence-corrected chi connectivity index (χ2v) is 28.7. The van der Waals surface area contributed by atoms with Crippen LogP contribution in [0.25, 0.3) is 237 Å². The average molecular weight is 1340 g/mol. The first-order chi connectivity index (χ1) is 52.5. The normalized spacial score (nSPS) is 12.3. The number of rotatable bonds is 8. The maximum atomic E-state index is 6.44. The van der Waals surface area contributed by atoms with Crippen LogP contribution in [0.3, 0.4) is 0 Å². The summed E-state index contributed by atoms with van der Waals surface area (Å²) in [6, 6.07) is 123. The van der Waals surface area contributed by atoms with Gasteiger partial charge in [0.1, 0.15) is 17.0 Å². The van der Waals surface area contributed by atoms with Crippen molar-refractivity contribution in [2.24, 2.45) is 0 Å². The van der Waals surface area contributed by atoms with E-state index in [1.54, 1.807) is 0 Å². The fourth-order valence-electron chi connectivity index (χ4n) is 18.4. The lowest BCUT2D eigenvalue weighted by Gasteiger charge is -2.12. The molecule has 6 heteroatoms. The van der Waals surface area contributed by atoms with Gasteiger partial charge in [0.15, 0.2) is 0 Å². The van der Waals surface area contributed by atoms with Gasteiger partial charge in [-0.05, 0) is 204 Å². The SMILES string of the molecule is c1ccc(-c2cccc(-n3c4ccc(-c5ccc6c(c5)c5cc(-c7ccc8c(c7)-c7cnc(-n9c%10ccccc%10c%10cc(-c%11ccc%12oc%13ccc%14ccccc%14c%13c%12c%11)ccc%109)c9cccc-8c79)ccc5n6-c5ccccc5)cc4c4cc(-c5ncc6c7c(cccc57)-c5ccccc5-6)ccc43)c2)cc1. The molecule has 0 radical (unpaired) electrons. The van der Waals surface area contributed by atoms with Crippen molar-refractivity contribution in [1.82, 2.24) is 23.7 Å². The molecule has 0 spiro atoms. The summed E-state index contributed by atoms with van der Waals surface area (Å²) in [6.07, 6.45) is 4.22. The Labute approximate surface area is 607 Å². The molecule has 0 unspecified atom stereocenters. The number of pyridine rings is 2. The van der Waals surface area contributed by atoms with E-state index in [4.69, 9.17) is 14.4 Å². The third-order valence-electron chi connectivity index (χ3n) is 23.2. The molecule has 0 saturated carbocycles. The van der Waals surface area contributed by atoms with Crippen LogP contribution < -0.4 is 0 Å². The van der Waals surface area contributed by atoms with Crippen LogP contribution in [0.5, 0.6) is 0 Å². The van der Waals surface area contributed by atoms with E-state index >= 15 is 0 Å². The Morgan fingerprint density at radius 1 is 0.208 bits per heavy atom. The van der Waals surface area contributed by atoms with Gasteiger partial charge in [0.05, 0.1) is 38.8 Å². The zero-order chi connectivity index (χ0) is 69.0. The van der Waals surface area contributed by atoms with Crippen molar-refractivity contribution in [3.8, 4) is 117 Å². The summed E-state index contributed by atoms with van der Waals surface area (Å²) in [4.78, 5) is 10.8. The van der Waals surface area contributed by atoms with Gasteiger partial charge < -0.3 is 13.6 Å². The minimum absolute atomic E-state index is 0.892. The Morgan fingerprint density at radius 3 is 1.35 bits per heavy atom. The molecule has 0 saturated heterocycles. The topological polar surface area (TPSA) is 53.7 Å². The fourth-order valence-corrected chi connectivity index (χ4v) is 18.4. The molecule has 0 atom stereocenters. The van der Waals surface area contributed by atoms with Gasteiger partial charge in [-0.15, -0.1) is 0 Å². The molecule has 106 heavy (non-hydrogen) atoms. The van der Waals surface area contributed by atoms with Gasteiger partial charge in [0.2, 0.25) is 0 Å². The van der Waals surface area contributed by atoms with Crippen molar-refractivity contribution in [3.63, 3.8) is 0 Å². The predicted octanol–water partition coefficient (Wildman–Crippen LogP) is 26.8. The molecule has 0 aliphatic heterocycles. The molecular weight excluding hydrogens is 1290 g/mol. The number of hydrogen-bond donors (Lipinski definition) is 0. The number of nitrogens with zero attached hydrogens (tertiary/aromatic N) is 5. The summed E-state index contributed by atoms with van der Waals surface area (Å²) >= 11 is 0. The molecule has 0 fully saturated rings. The highest BCUT2D eigenvalue weighted by Gasteiger charge is 2.29. The molecule has 2 aliphatic rings. The smallest absolute Gasteiger partial charge is 0.145 e. The van der Waals surface area contributed by atoms with Crippen LogP contribution in [-0.2, 0) is 0 Å². The van der Waals surface area contributed by atoms with Crippen LogP contribution in [0.15, 0.2) is 350 Å². The first-order valence-corrected chi connectivity index (χ1v) is 36.4. The minimum atomic E-state index is 0.892. The first kappa shape index (κ1) is 57.4. The number of benzene rings is 16. The lowest BCUT2D eigenvalue weighted by molar-refractivity contribution is 0.669. The van der Waals surface area contributed by atoms with Gasteiger partial charge >= 0.3 is 0 Å². The van der Waals surface area contributed by atoms with Gasteiger partial charge in [0.25, 0.3) is 0 Å². The molecule has 0 N–H and O–H groups in total. The van der Waals surface area contributed by atoms with E-state index in [1.165, 1.54) is 109 Å². The van der Waals surface area contributed by atoms with Crippen molar-refractivity contribution in [2.45, 2.75) is 0 Å². The monoisotopic (exact) mass is 1340 g/mol. The minimum Gasteiger partial charge on any atom is -0.456 e. The maximum absolute atomic E-state index is 6.44. The van der Waals surface area contributed by atoms with Gasteiger partial charge in [0, 0.05) is 105 Å². The number of aromatic nitrogens is 5. The summed E-state index contributed by atoms with van der Waals surface area (Å²) in [5.41, 5.74) is 32.0. The van der Waals surface area contributed by atoms with E-state index in [0.717, 1.165) is 128 Å². The van der Waals surface area contributed by atoms with Crippen LogP contribution >= 0.6 is 0 Å². The Morgan fingerprint density at radius 2 is 0.642 bits per heavy atom. The summed E-state index contributed by atoms with van der Waals surface area (Å²) in [5.74, 6) is 0.921. The highest BCUT2D eigenvalue weighted by molar-refractivity contribution is 6.23. The van der Waals surface area contributed by atoms with E-state index in [2.05, 4.69) is 360 Å². The van der Waals surface area contributed by atoms with Crippen molar-refractivity contribution in [1.29, 1.82) is 0 Å². The quantitative estimate of drug-likeness (QED) is 0.152. The van der Waals surface area contributed by atoms with E-state index in [0.29, 0.717) is 0 Å². The summed E-state index contributed by atoms with van der Waals surface area (Å²) < 4.78 is 13.7. The largest absolute Gasteiger partial charge is 0.456 e. The van der Waals surface area contributed by atoms with Gasteiger partial charge in [-0.1, -0.05) is 218 Å². The van der Waals surface area contributed by atoms with Crippen LogP contribution in [0, 0.1) is 0 Å². The third kappa shape index (κ3) is 8.15. The lowest BCUT2D eigenvalue weighted by atomic mass is 9.96. The number of fused-ring (bicyclic) bond motifs is 20. The van der Waals surface area contributed by atoms with E-state index in [9.17, 15) is 0 Å². The molecular formula is C100H57N5O. The van der Waals surface area contributed by atoms with E-state index < -0.39 is 0 Å². The standard InChI is InChI=1S/C100H57N5O/c1-3-16-58(17-4-1)60-19-13-22-69(48-60)104-91-43-35-65(53-83(91)84-55-67(37-45-92(84)104)99-77-29-14-27-75-71-24-9-10-25-72(71)86(56-101-99)96(75)77)64-34-42-90-82(52-64)81-51-63(33-41-89(81)103(90)68-20-5-2-6-21-68)61-32-40-73-76-28-15-30-78-97(76)87(79(73)49-61)57-102-100(78)105-88-31-12-11-26-74(88)80-50-62(36-44-93(80)105)66-39-46-94-85(54-66)98-70-23-8-7-18-59(70)38-47-95(98)106-94/h1-57H.